The summed E-state index contributed by atoms with van der Waals surface area (Å²) in [4.78, 5) is 36.9. The molecule has 1 N–H and O–H groups in total. The molecule has 0 bridgehead atoms. The third-order valence-electron chi connectivity index (χ3n) is 9.48. The summed E-state index contributed by atoms with van der Waals surface area (Å²) in [7, 11) is 5.50. The molecule has 312 valence electrons. The summed E-state index contributed by atoms with van der Waals surface area (Å²) in [5, 5.41) is 9.61. The third kappa shape index (κ3) is 35.0. The third-order valence-corrected chi connectivity index (χ3v) is 9.48. The maximum atomic E-state index is 12.7. The molecular weight excluding hydrogens is 679 g/mol. The number of hydrogen-bond acceptors (Lipinski definition) is 6. The van der Waals surface area contributed by atoms with Gasteiger partial charge in [0.1, 0.15) is 6.61 Å². The van der Waals surface area contributed by atoms with E-state index in [1.807, 2.05) is 21.1 Å². The van der Waals surface area contributed by atoms with Crippen molar-refractivity contribution in [3.63, 3.8) is 0 Å². The van der Waals surface area contributed by atoms with Gasteiger partial charge >= 0.3 is 17.9 Å². The Morgan fingerprint density at radius 3 is 1.50 bits per heavy atom. The monoisotopic (exact) mass is 761 g/mol. The Kier molecular flexibility index (Phi) is 35.4. The first-order valence-electron chi connectivity index (χ1n) is 21.7. The van der Waals surface area contributed by atoms with E-state index in [0.717, 1.165) is 44.9 Å². The Balaban J connectivity index is 4.46. The van der Waals surface area contributed by atoms with Crippen molar-refractivity contribution < 1.29 is 38.2 Å². The molecule has 0 rings (SSSR count). The van der Waals surface area contributed by atoms with Crippen LogP contribution >= 0.6 is 0 Å². The zero-order valence-electron chi connectivity index (χ0n) is 35.4. The molecule has 0 amide bonds. The molecule has 0 aromatic carbocycles. The topological polar surface area (TPSA) is 99.1 Å². The van der Waals surface area contributed by atoms with Crippen molar-refractivity contribution in [2.45, 2.75) is 187 Å². The lowest BCUT2D eigenvalue weighted by atomic mass is 10.0. The van der Waals surface area contributed by atoms with Gasteiger partial charge in [-0.15, -0.1) is 0 Å². The Morgan fingerprint density at radius 2 is 1.00 bits per heavy atom. The molecule has 0 aromatic heterocycles. The molecule has 0 spiro atoms. The number of ether oxygens (including phenoxy) is 3. The number of carbonyl (C=O) groups is 3. The molecule has 2 atom stereocenters. The minimum atomic E-state index is -0.884. The number of aliphatic carboxylic acids is 1. The Morgan fingerprint density at radius 1 is 0.556 bits per heavy atom. The molecule has 8 nitrogen and oxygen atoms in total. The zero-order valence-corrected chi connectivity index (χ0v) is 35.4. The van der Waals surface area contributed by atoms with Gasteiger partial charge in [-0.05, 0) is 51.4 Å². The second-order valence-electron chi connectivity index (χ2n) is 15.6. The van der Waals surface area contributed by atoms with E-state index in [2.05, 4.69) is 62.5 Å². The van der Waals surface area contributed by atoms with Crippen molar-refractivity contribution in [3.8, 4) is 0 Å². The fraction of sp³-hybridized carbons (Fsp3) is 0.761. The van der Waals surface area contributed by atoms with Gasteiger partial charge in [0.15, 0.2) is 12.1 Å². The quantitative estimate of drug-likeness (QED) is 0.0289. The number of allylic oxidation sites excluding steroid dienone is 8. The van der Waals surface area contributed by atoms with Gasteiger partial charge in [-0.3, -0.25) is 9.59 Å². The summed E-state index contributed by atoms with van der Waals surface area (Å²) in [5.74, 6) is -1.54. The van der Waals surface area contributed by atoms with E-state index in [1.54, 1.807) is 0 Å². The van der Waals surface area contributed by atoms with Crippen molar-refractivity contribution in [2.75, 3.05) is 41.0 Å². The van der Waals surface area contributed by atoms with E-state index in [1.165, 1.54) is 89.9 Å². The lowest BCUT2D eigenvalue weighted by Gasteiger charge is -2.31. The molecule has 2 unspecified atom stereocenters. The number of quaternary nitrogens is 1. The maximum absolute atomic E-state index is 12.7. The highest BCUT2D eigenvalue weighted by Crippen LogP contribution is 2.14. The summed E-state index contributed by atoms with van der Waals surface area (Å²) < 4.78 is 17.2. The number of carbonyl (C=O) groups excluding carboxylic acids is 2. The molecule has 0 fully saturated rings. The molecule has 0 radical (unpaired) electrons. The van der Waals surface area contributed by atoms with Gasteiger partial charge in [-0.25, -0.2) is 4.79 Å². The van der Waals surface area contributed by atoms with Crippen LogP contribution < -0.4 is 0 Å². The van der Waals surface area contributed by atoms with Crippen LogP contribution in [-0.2, 0) is 28.6 Å². The van der Waals surface area contributed by atoms with E-state index in [9.17, 15) is 19.5 Å². The molecule has 0 aliphatic rings. The van der Waals surface area contributed by atoms with Crippen molar-refractivity contribution in [1.29, 1.82) is 0 Å². The van der Waals surface area contributed by atoms with Crippen LogP contribution in [0.4, 0.5) is 0 Å². The van der Waals surface area contributed by atoms with Gasteiger partial charge in [0.2, 0.25) is 0 Å². The first-order valence-corrected chi connectivity index (χ1v) is 21.7. The summed E-state index contributed by atoms with van der Waals surface area (Å²) in [6.07, 6.45) is 43.0. The molecular formula is C46H82NO7+. The predicted molar refractivity (Wildman–Crippen MR) is 224 cm³/mol. The number of rotatable bonds is 38. The number of likely N-dealkylation sites (N-methyl/N-ethyl adjacent to an activating group) is 1. The van der Waals surface area contributed by atoms with Crippen molar-refractivity contribution in [2.24, 2.45) is 0 Å². The van der Waals surface area contributed by atoms with Crippen LogP contribution in [0.25, 0.3) is 0 Å². The van der Waals surface area contributed by atoms with Crippen molar-refractivity contribution in [1.82, 2.24) is 0 Å². The van der Waals surface area contributed by atoms with E-state index >= 15 is 0 Å². The number of unbranched alkanes of at least 4 members (excludes halogenated alkanes) is 16. The lowest BCUT2D eigenvalue weighted by molar-refractivity contribution is -0.887. The molecule has 0 heterocycles. The van der Waals surface area contributed by atoms with Gasteiger partial charge in [0.25, 0.3) is 0 Å². The molecule has 0 aliphatic carbocycles. The van der Waals surface area contributed by atoms with Crippen molar-refractivity contribution >= 4 is 17.9 Å². The van der Waals surface area contributed by atoms with Gasteiger partial charge < -0.3 is 23.8 Å². The fourth-order valence-electron chi connectivity index (χ4n) is 6.08. The molecule has 54 heavy (non-hydrogen) atoms. The molecule has 0 saturated heterocycles. The van der Waals surface area contributed by atoms with Crippen LogP contribution in [0.15, 0.2) is 48.6 Å². The van der Waals surface area contributed by atoms with Crippen LogP contribution in [-0.4, -0.2) is 80.6 Å². The normalized spacial score (nSPS) is 13.4. The highest BCUT2D eigenvalue weighted by molar-refractivity contribution is 5.72. The van der Waals surface area contributed by atoms with Crippen LogP contribution in [0.1, 0.15) is 174 Å². The second-order valence-corrected chi connectivity index (χ2v) is 15.6. The van der Waals surface area contributed by atoms with Gasteiger partial charge in [-0.1, -0.05) is 152 Å². The first kappa shape index (κ1) is 51.3. The van der Waals surface area contributed by atoms with Gasteiger partial charge in [-0.2, -0.15) is 0 Å². The molecule has 0 aliphatic heterocycles. The number of esters is 2. The van der Waals surface area contributed by atoms with E-state index in [0.29, 0.717) is 19.3 Å². The summed E-state index contributed by atoms with van der Waals surface area (Å²) >= 11 is 0. The van der Waals surface area contributed by atoms with Crippen molar-refractivity contribution in [3.05, 3.63) is 48.6 Å². The predicted octanol–water partition coefficient (Wildman–Crippen LogP) is 11.6. The van der Waals surface area contributed by atoms with E-state index < -0.39 is 18.1 Å². The van der Waals surface area contributed by atoms with Crippen LogP contribution in [0.2, 0.25) is 0 Å². The number of carboxylic acid groups (broad SMARTS) is 1. The SMILES string of the molecule is CCCCC/C=C/C/C=C/C/C=C/C/C=C/CCCC(=O)OC(COCCC(C(=O)O)[N+](C)(C)C)COC(=O)CCCCCCCCCCCCCCC. The molecule has 0 aromatic rings. The van der Waals surface area contributed by atoms with Crippen LogP contribution in [0.5, 0.6) is 0 Å². The standard InChI is InChI=1S/C46H81NO7/c1-6-8-10-12-14-16-18-20-21-22-23-25-27-29-31-33-35-37-45(49)54-42(40-52-39-38-43(46(50)51)47(3,4)5)41-53-44(48)36-34-32-30-28-26-24-19-17-15-13-11-9-7-2/h14,16,20-21,23,25,29,31,42-43H,6-13,15,17-19,22,24,26-28,30,32-41H2,1-5H3/p+1/b16-14+,21-20+,25-23+,31-29+. The Bertz CT molecular complexity index is 1030. The maximum Gasteiger partial charge on any atom is 0.362 e. The molecule has 8 heteroatoms. The minimum absolute atomic E-state index is 0.0401. The summed E-state index contributed by atoms with van der Waals surface area (Å²) in [6, 6.07) is -0.623. The fourth-order valence-corrected chi connectivity index (χ4v) is 6.08. The van der Waals surface area contributed by atoms with Crippen LogP contribution in [0.3, 0.4) is 0 Å². The highest BCUT2D eigenvalue weighted by atomic mass is 16.6. The van der Waals surface area contributed by atoms with Gasteiger partial charge in [0, 0.05) is 19.3 Å². The largest absolute Gasteiger partial charge is 0.477 e. The Hall–Kier alpha value is -2.71. The lowest BCUT2D eigenvalue weighted by Crippen LogP contribution is -2.50. The number of nitrogens with zero attached hydrogens (tertiary/aromatic N) is 1. The molecule has 0 saturated carbocycles. The summed E-state index contributed by atoms with van der Waals surface area (Å²) in [6.45, 7) is 4.64. The van der Waals surface area contributed by atoms with Crippen LogP contribution in [0, 0.1) is 0 Å². The second kappa shape index (κ2) is 37.2. The smallest absolute Gasteiger partial charge is 0.362 e. The number of hydrogen-bond donors (Lipinski definition) is 1. The number of carboxylic acids is 1. The van der Waals surface area contributed by atoms with Gasteiger partial charge in [0.05, 0.1) is 34.4 Å². The Labute approximate surface area is 331 Å². The average Bonchev–Trinajstić information content (AvgIpc) is 3.12. The summed E-state index contributed by atoms with van der Waals surface area (Å²) in [5.41, 5.74) is 0. The highest BCUT2D eigenvalue weighted by Gasteiger charge is 2.31. The van der Waals surface area contributed by atoms with E-state index in [-0.39, 0.29) is 42.7 Å². The average molecular weight is 761 g/mol. The first-order chi connectivity index (χ1) is 26.1. The van der Waals surface area contributed by atoms with E-state index in [4.69, 9.17) is 14.2 Å². The minimum Gasteiger partial charge on any atom is -0.477 e. The zero-order chi connectivity index (χ0) is 40.0.